The Labute approximate surface area is 186 Å². The summed E-state index contributed by atoms with van der Waals surface area (Å²) in [5.41, 5.74) is 1.52. The van der Waals surface area contributed by atoms with E-state index in [2.05, 4.69) is 0 Å². The van der Waals surface area contributed by atoms with Gasteiger partial charge in [-0.2, -0.15) is 0 Å². The van der Waals surface area contributed by atoms with Crippen molar-refractivity contribution in [3.63, 3.8) is 0 Å². The molecule has 5 rings (SSSR count). The van der Waals surface area contributed by atoms with Crippen LogP contribution in [0.2, 0.25) is 0 Å². The van der Waals surface area contributed by atoms with Crippen LogP contribution in [0.15, 0.2) is 53.3 Å². The van der Waals surface area contributed by atoms with Crippen molar-refractivity contribution in [1.29, 1.82) is 0 Å². The molecule has 0 atom stereocenters. The van der Waals surface area contributed by atoms with Crippen LogP contribution in [0.3, 0.4) is 0 Å². The minimum Gasteiger partial charge on any atom is -0.338 e. The number of rotatable bonds is 2. The Bertz CT molecular complexity index is 1160. The molecule has 2 aromatic carbocycles. The number of pyridine rings is 1. The van der Waals surface area contributed by atoms with Gasteiger partial charge in [0, 0.05) is 50.0 Å². The SMILES string of the molecule is O=C(Cn1c2ccccc2c(=O)c2ccccc21)N1CCN(C(=O)N2CCCCC2)CC1. The van der Waals surface area contributed by atoms with Crippen LogP contribution in [0, 0.1) is 0 Å². The number of carbonyl (C=O) groups is 2. The Kier molecular flexibility index (Phi) is 5.55. The van der Waals surface area contributed by atoms with Gasteiger partial charge in [-0.3, -0.25) is 9.59 Å². The van der Waals surface area contributed by atoms with E-state index in [4.69, 9.17) is 0 Å². The zero-order valence-electron chi connectivity index (χ0n) is 18.2. The van der Waals surface area contributed by atoms with Crippen molar-refractivity contribution in [3.8, 4) is 0 Å². The minimum atomic E-state index is -0.00950. The lowest BCUT2D eigenvalue weighted by atomic mass is 10.1. The Morgan fingerprint density at radius 2 is 1.16 bits per heavy atom. The second kappa shape index (κ2) is 8.65. The number of hydrogen-bond donors (Lipinski definition) is 0. The lowest BCUT2D eigenvalue weighted by Crippen LogP contribution is -2.55. The van der Waals surface area contributed by atoms with Gasteiger partial charge in [-0.25, -0.2) is 4.79 Å². The van der Waals surface area contributed by atoms with Gasteiger partial charge in [0.25, 0.3) is 0 Å². The van der Waals surface area contributed by atoms with E-state index in [9.17, 15) is 14.4 Å². The summed E-state index contributed by atoms with van der Waals surface area (Å²) >= 11 is 0. The van der Waals surface area contributed by atoms with Gasteiger partial charge in [0.05, 0.1) is 11.0 Å². The smallest absolute Gasteiger partial charge is 0.320 e. The summed E-state index contributed by atoms with van der Waals surface area (Å²) in [6.45, 7) is 4.04. The molecular weight excluding hydrogens is 404 g/mol. The monoisotopic (exact) mass is 432 g/mol. The Morgan fingerprint density at radius 1 is 0.656 bits per heavy atom. The van der Waals surface area contributed by atoms with Crippen LogP contribution in [0.1, 0.15) is 19.3 Å². The first kappa shape index (κ1) is 20.5. The number of carbonyl (C=O) groups excluding carboxylic acids is 2. The second-order valence-electron chi connectivity index (χ2n) is 8.65. The van der Waals surface area contributed by atoms with Gasteiger partial charge in [-0.1, -0.05) is 24.3 Å². The molecule has 3 heterocycles. The molecule has 0 radical (unpaired) electrons. The molecule has 1 aromatic heterocycles. The number of para-hydroxylation sites is 2. The van der Waals surface area contributed by atoms with Crippen LogP contribution in [-0.4, -0.2) is 70.5 Å². The average molecular weight is 433 g/mol. The van der Waals surface area contributed by atoms with Gasteiger partial charge in [-0.05, 0) is 43.5 Å². The molecule has 7 nitrogen and oxygen atoms in total. The molecule has 2 saturated heterocycles. The number of benzene rings is 2. The van der Waals surface area contributed by atoms with Gasteiger partial charge in [0.15, 0.2) is 5.43 Å². The highest BCUT2D eigenvalue weighted by molar-refractivity contribution is 5.94. The molecule has 3 amide bonds. The standard InChI is InChI=1S/C25H28N4O3/c30-23(26-14-16-28(17-15-26)25(32)27-12-6-1-7-13-27)18-29-21-10-4-2-8-19(21)24(31)20-9-3-5-11-22(20)29/h2-5,8-11H,1,6-7,12-18H2. The number of piperazine rings is 1. The minimum absolute atomic E-state index is 0.00836. The Balaban J connectivity index is 1.34. The fourth-order valence-corrected chi connectivity index (χ4v) is 4.91. The normalized spacial score (nSPS) is 17.2. The van der Waals surface area contributed by atoms with Crippen LogP contribution >= 0.6 is 0 Å². The number of nitrogens with zero attached hydrogens (tertiary/aromatic N) is 4. The highest BCUT2D eigenvalue weighted by atomic mass is 16.2. The van der Waals surface area contributed by atoms with Crippen LogP contribution in [-0.2, 0) is 11.3 Å². The summed E-state index contributed by atoms with van der Waals surface area (Å²) in [6, 6.07) is 15.0. The van der Waals surface area contributed by atoms with E-state index in [0.29, 0.717) is 37.0 Å². The second-order valence-corrected chi connectivity index (χ2v) is 8.65. The van der Waals surface area contributed by atoms with Crippen molar-refractivity contribution in [2.24, 2.45) is 0 Å². The quantitative estimate of drug-likeness (QED) is 0.585. The molecule has 2 fully saturated rings. The van der Waals surface area contributed by atoms with Crippen molar-refractivity contribution < 1.29 is 9.59 Å². The van der Waals surface area contributed by atoms with Gasteiger partial charge in [0.2, 0.25) is 5.91 Å². The number of aromatic nitrogens is 1. The molecule has 0 unspecified atom stereocenters. The van der Waals surface area contributed by atoms with E-state index < -0.39 is 0 Å². The molecule has 3 aromatic rings. The average Bonchev–Trinajstić information content (AvgIpc) is 2.86. The third kappa shape index (κ3) is 3.72. The number of piperidine rings is 1. The molecule has 0 bridgehead atoms. The maximum absolute atomic E-state index is 13.2. The third-order valence-corrected chi connectivity index (χ3v) is 6.70. The van der Waals surface area contributed by atoms with Crippen molar-refractivity contribution in [2.75, 3.05) is 39.3 Å². The molecule has 166 valence electrons. The first-order valence-corrected chi connectivity index (χ1v) is 11.5. The predicted molar refractivity (Wildman–Crippen MR) is 125 cm³/mol. The molecule has 2 aliphatic rings. The van der Waals surface area contributed by atoms with Crippen LogP contribution in [0.5, 0.6) is 0 Å². The van der Waals surface area contributed by atoms with Gasteiger partial charge >= 0.3 is 6.03 Å². The summed E-state index contributed by atoms with van der Waals surface area (Å²) < 4.78 is 1.94. The lowest BCUT2D eigenvalue weighted by Gasteiger charge is -2.38. The number of hydrogen-bond acceptors (Lipinski definition) is 3. The topological polar surface area (TPSA) is 65.9 Å². The van der Waals surface area contributed by atoms with Crippen LogP contribution in [0.25, 0.3) is 21.8 Å². The summed E-state index contributed by atoms with van der Waals surface area (Å²) in [6.07, 6.45) is 3.34. The Morgan fingerprint density at radius 3 is 1.75 bits per heavy atom. The van der Waals surface area contributed by atoms with Crippen molar-refractivity contribution in [3.05, 3.63) is 58.8 Å². The first-order valence-electron chi connectivity index (χ1n) is 11.5. The third-order valence-electron chi connectivity index (χ3n) is 6.70. The molecule has 0 aliphatic carbocycles. The Hall–Kier alpha value is -3.35. The van der Waals surface area contributed by atoms with E-state index in [1.807, 2.05) is 67.8 Å². The van der Waals surface area contributed by atoms with Gasteiger partial charge in [-0.15, -0.1) is 0 Å². The van der Waals surface area contributed by atoms with Crippen molar-refractivity contribution in [2.45, 2.75) is 25.8 Å². The molecule has 0 N–H and O–H groups in total. The van der Waals surface area contributed by atoms with E-state index in [1.165, 1.54) is 6.42 Å². The molecular formula is C25H28N4O3. The summed E-state index contributed by atoms with van der Waals surface area (Å²) in [7, 11) is 0. The van der Waals surface area contributed by atoms with Gasteiger partial charge in [0.1, 0.15) is 6.54 Å². The highest BCUT2D eigenvalue weighted by Crippen LogP contribution is 2.20. The lowest BCUT2D eigenvalue weighted by molar-refractivity contribution is -0.133. The molecule has 7 heteroatoms. The maximum atomic E-state index is 13.2. The molecule has 0 spiro atoms. The number of amides is 3. The maximum Gasteiger partial charge on any atom is 0.320 e. The van der Waals surface area contributed by atoms with E-state index >= 15 is 0 Å². The van der Waals surface area contributed by atoms with E-state index in [1.54, 1.807) is 0 Å². The van der Waals surface area contributed by atoms with Crippen molar-refractivity contribution >= 4 is 33.7 Å². The zero-order chi connectivity index (χ0) is 22.1. The fourth-order valence-electron chi connectivity index (χ4n) is 4.91. The molecule has 2 aliphatic heterocycles. The van der Waals surface area contributed by atoms with Gasteiger partial charge < -0.3 is 19.3 Å². The summed E-state index contributed by atoms with van der Waals surface area (Å²) in [5.74, 6) is 0.00836. The summed E-state index contributed by atoms with van der Waals surface area (Å²) in [5, 5.41) is 1.24. The van der Waals surface area contributed by atoms with Crippen molar-refractivity contribution in [1.82, 2.24) is 19.3 Å². The number of fused-ring (bicyclic) bond motifs is 2. The molecule has 0 saturated carbocycles. The fraction of sp³-hybridized carbons (Fsp3) is 0.400. The largest absolute Gasteiger partial charge is 0.338 e. The molecule has 32 heavy (non-hydrogen) atoms. The highest BCUT2D eigenvalue weighted by Gasteiger charge is 2.28. The summed E-state index contributed by atoms with van der Waals surface area (Å²) in [4.78, 5) is 44.6. The van der Waals surface area contributed by atoms with E-state index in [-0.39, 0.29) is 23.9 Å². The van der Waals surface area contributed by atoms with E-state index in [0.717, 1.165) is 37.0 Å². The van der Waals surface area contributed by atoms with Crippen LogP contribution < -0.4 is 5.43 Å². The first-order chi connectivity index (χ1) is 15.6. The zero-order valence-corrected chi connectivity index (χ0v) is 18.2. The number of likely N-dealkylation sites (tertiary alicyclic amines) is 1. The number of urea groups is 1. The van der Waals surface area contributed by atoms with Crippen LogP contribution in [0.4, 0.5) is 4.79 Å². The predicted octanol–water partition coefficient (Wildman–Crippen LogP) is 2.90.